The first-order valence-electron chi connectivity index (χ1n) is 11.2. The predicted molar refractivity (Wildman–Crippen MR) is 123 cm³/mol. The fourth-order valence-electron chi connectivity index (χ4n) is 4.54. The predicted octanol–water partition coefficient (Wildman–Crippen LogP) is 5.32. The van der Waals surface area contributed by atoms with Crippen LogP contribution < -0.4 is 10.1 Å². The number of rotatable bonds is 6. The van der Waals surface area contributed by atoms with Gasteiger partial charge < -0.3 is 20.3 Å². The van der Waals surface area contributed by atoms with Gasteiger partial charge in [0.25, 0.3) is 6.43 Å². The SMILES string of the molecule is COc1nc(C2(O)CCC(O)CC2)cc2c(N[C@H](C)c3cccc(C(F)F)c3F)cc(C)nc12. The van der Waals surface area contributed by atoms with Crippen LogP contribution in [-0.4, -0.2) is 33.4 Å². The first-order chi connectivity index (χ1) is 16.1. The number of fused-ring (bicyclic) bond motifs is 1. The third kappa shape index (κ3) is 4.54. The zero-order valence-electron chi connectivity index (χ0n) is 19.3. The van der Waals surface area contributed by atoms with Crippen LogP contribution in [0.5, 0.6) is 5.88 Å². The summed E-state index contributed by atoms with van der Waals surface area (Å²) in [5.41, 5.74) is 0.331. The van der Waals surface area contributed by atoms with Crippen molar-refractivity contribution in [3.05, 3.63) is 58.7 Å². The second-order valence-corrected chi connectivity index (χ2v) is 8.90. The Kier molecular flexibility index (Phi) is 6.69. The second-order valence-electron chi connectivity index (χ2n) is 8.90. The molecule has 3 aromatic rings. The maximum Gasteiger partial charge on any atom is 0.266 e. The van der Waals surface area contributed by atoms with E-state index in [4.69, 9.17) is 4.74 Å². The number of aliphatic hydroxyl groups excluding tert-OH is 1. The molecule has 1 aliphatic rings. The molecular weight excluding hydrogens is 447 g/mol. The largest absolute Gasteiger partial charge is 0.479 e. The lowest BCUT2D eigenvalue weighted by Crippen LogP contribution is -2.34. The lowest BCUT2D eigenvalue weighted by atomic mass is 9.80. The smallest absolute Gasteiger partial charge is 0.266 e. The minimum Gasteiger partial charge on any atom is -0.479 e. The zero-order valence-corrected chi connectivity index (χ0v) is 19.3. The summed E-state index contributed by atoms with van der Waals surface area (Å²) in [5, 5.41) is 25.0. The van der Waals surface area contributed by atoms with Crippen molar-refractivity contribution < 1.29 is 28.1 Å². The molecule has 3 N–H and O–H groups in total. The van der Waals surface area contributed by atoms with Crippen LogP contribution >= 0.6 is 0 Å². The quantitative estimate of drug-likeness (QED) is 0.447. The Bertz CT molecular complexity index is 1200. The Morgan fingerprint density at radius 1 is 1.15 bits per heavy atom. The van der Waals surface area contributed by atoms with E-state index in [1.807, 2.05) is 0 Å². The van der Waals surface area contributed by atoms with Gasteiger partial charge >= 0.3 is 0 Å². The molecule has 0 spiro atoms. The van der Waals surface area contributed by atoms with Crippen molar-refractivity contribution in [1.82, 2.24) is 9.97 Å². The Labute approximate surface area is 195 Å². The van der Waals surface area contributed by atoms with Crippen LogP contribution in [0.4, 0.5) is 18.9 Å². The summed E-state index contributed by atoms with van der Waals surface area (Å²) in [6.45, 7) is 3.47. The topological polar surface area (TPSA) is 87.5 Å². The molecule has 9 heteroatoms. The highest BCUT2D eigenvalue weighted by Gasteiger charge is 2.36. The van der Waals surface area contributed by atoms with E-state index >= 15 is 0 Å². The van der Waals surface area contributed by atoms with Crippen LogP contribution in [0.25, 0.3) is 10.9 Å². The number of alkyl halides is 2. The number of nitrogens with zero attached hydrogens (tertiary/aromatic N) is 2. The van der Waals surface area contributed by atoms with Crippen molar-refractivity contribution in [2.24, 2.45) is 0 Å². The normalized spacial score (nSPS) is 21.6. The summed E-state index contributed by atoms with van der Waals surface area (Å²) in [6, 6.07) is 6.81. The third-order valence-corrected chi connectivity index (χ3v) is 6.48. The molecule has 4 rings (SSSR count). The first-order valence-corrected chi connectivity index (χ1v) is 11.2. The van der Waals surface area contributed by atoms with Gasteiger partial charge in [-0.05, 0) is 51.7 Å². The number of halogens is 3. The van der Waals surface area contributed by atoms with Crippen molar-refractivity contribution >= 4 is 16.6 Å². The number of methoxy groups -OCH3 is 1. The number of hydrogen-bond donors (Lipinski definition) is 3. The summed E-state index contributed by atoms with van der Waals surface area (Å²) in [4.78, 5) is 9.06. The van der Waals surface area contributed by atoms with Gasteiger partial charge in [-0.2, -0.15) is 0 Å². The van der Waals surface area contributed by atoms with Crippen molar-refractivity contribution in [3.63, 3.8) is 0 Å². The highest BCUT2D eigenvalue weighted by Crippen LogP contribution is 2.40. The van der Waals surface area contributed by atoms with Crippen LogP contribution in [0.2, 0.25) is 0 Å². The zero-order chi connectivity index (χ0) is 24.6. The molecular formula is C25H28F3N3O3. The van der Waals surface area contributed by atoms with Crippen LogP contribution in [0.3, 0.4) is 0 Å². The van der Waals surface area contributed by atoms with Crippen molar-refractivity contribution in [2.45, 2.75) is 63.7 Å². The average Bonchev–Trinajstić information content (AvgIpc) is 2.80. The molecule has 1 fully saturated rings. The van der Waals surface area contributed by atoms with Gasteiger partial charge in [-0.3, -0.25) is 0 Å². The molecule has 0 amide bonds. The van der Waals surface area contributed by atoms with Crippen molar-refractivity contribution in [2.75, 3.05) is 12.4 Å². The molecule has 1 aliphatic carbocycles. The Hall–Kier alpha value is -2.91. The van der Waals surface area contributed by atoms with E-state index in [0.717, 1.165) is 6.07 Å². The average molecular weight is 476 g/mol. The molecule has 34 heavy (non-hydrogen) atoms. The van der Waals surface area contributed by atoms with E-state index in [1.165, 1.54) is 19.2 Å². The lowest BCUT2D eigenvalue weighted by Gasteiger charge is -2.34. The fraction of sp³-hybridized carbons (Fsp3) is 0.440. The molecule has 1 saturated carbocycles. The van der Waals surface area contributed by atoms with Gasteiger partial charge in [-0.25, -0.2) is 23.1 Å². The standard InChI is InChI=1S/C25H28F3N3O3/c1-13-11-19(30-14(2)16-5-4-6-17(21(16)26)23(27)28)18-12-20(31-24(34-3)22(18)29-13)25(33)9-7-15(32)8-10-25/h4-6,11-12,14-15,23,32-33H,7-10H2,1-3H3,(H,29,30)/t14-,15?,25?/m1/s1. The van der Waals surface area contributed by atoms with E-state index in [-0.39, 0.29) is 11.4 Å². The number of ether oxygens (including phenoxy) is 1. The summed E-state index contributed by atoms with van der Waals surface area (Å²) in [5.74, 6) is -0.708. The highest BCUT2D eigenvalue weighted by atomic mass is 19.3. The van der Waals surface area contributed by atoms with Crippen molar-refractivity contribution in [1.29, 1.82) is 0 Å². The van der Waals surface area contributed by atoms with Gasteiger partial charge in [0, 0.05) is 22.3 Å². The van der Waals surface area contributed by atoms with Crippen LogP contribution in [0.1, 0.15) is 67.6 Å². The van der Waals surface area contributed by atoms with E-state index in [9.17, 15) is 23.4 Å². The number of hydrogen-bond acceptors (Lipinski definition) is 6. The second kappa shape index (κ2) is 9.38. The monoisotopic (exact) mass is 475 g/mol. The molecule has 182 valence electrons. The summed E-state index contributed by atoms with van der Waals surface area (Å²) < 4.78 is 46.6. The Balaban J connectivity index is 1.79. The van der Waals surface area contributed by atoms with E-state index < -0.39 is 35.6 Å². The number of aryl methyl sites for hydroxylation is 1. The summed E-state index contributed by atoms with van der Waals surface area (Å²) >= 11 is 0. The van der Waals surface area contributed by atoms with Gasteiger partial charge in [-0.15, -0.1) is 0 Å². The molecule has 2 aromatic heterocycles. The fourth-order valence-corrected chi connectivity index (χ4v) is 4.54. The first kappa shape index (κ1) is 24.2. The molecule has 0 radical (unpaired) electrons. The number of nitrogens with one attached hydrogen (secondary N) is 1. The van der Waals surface area contributed by atoms with Gasteiger partial charge in [0.15, 0.2) is 0 Å². The van der Waals surface area contributed by atoms with Crippen LogP contribution in [0.15, 0.2) is 30.3 Å². The molecule has 2 heterocycles. The molecule has 0 saturated heterocycles. The Morgan fingerprint density at radius 2 is 1.82 bits per heavy atom. The van der Waals surface area contributed by atoms with Gasteiger partial charge in [0.05, 0.1) is 30.5 Å². The number of aliphatic hydroxyl groups is 2. The molecule has 1 aromatic carbocycles. The van der Waals surface area contributed by atoms with E-state index in [2.05, 4.69) is 15.3 Å². The third-order valence-electron chi connectivity index (χ3n) is 6.48. The molecule has 0 unspecified atom stereocenters. The van der Waals surface area contributed by atoms with Crippen LogP contribution in [-0.2, 0) is 5.60 Å². The molecule has 0 bridgehead atoms. The highest BCUT2D eigenvalue weighted by molar-refractivity contribution is 5.94. The van der Waals surface area contributed by atoms with Crippen LogP contribution in [0, 0.1) is 12.7 Å². The number of pyridine rings is 2. The minimum absolute atomic E-state index is 0.113. The maximum absolute atomic E-state index is 14.8. The number of anilines is 1. The lowest BCUT2D eigenvalue weighted by molar-refractivity contribution is -0.0393. The molecule has 6 nitrogen and oxygen atoms in total. The molecule has 0 aliphatic heterocycles. The minimum atomic E-state index is -2.91. The molecule has 1 atom stereocenters. The van der Waals surface area contributed by atoms with E-state index in [1.54, 1.807) is 26.0 Å². The Morgan fingerprint density at radius 3 is 2.47 bits per heavy atom. The number of benzene rings is 1. The van der Waals surface area contributed by atoms with Gasteiger partial charge in [0.1, 0.15) is 16.9 Å². The summed E-state index contributed by atoms with van der Waals surface area (Å²) in [7, 11) is 1.46. The number of aromatic nitrogens is 2. The van der Waals surface area contributed by atoms with Gasteiger partial charge in [-0.1, -0.05) is 18.2 Å². The summed E-state index contributed by atoms with van der Waals surface area (Å²) in [6.07, 6.45) is -1.77. The van der Waals surface area contributed by atoms with E-state index in [0.29, 0.717) is 53.7 Å². The van der Waals surface area contributed by atoms with Gasteiger partial charge in [0.2, 0.25) is 5.88 Å². The maximum atomic E-state index is 14.8. The van der Waals surface area contributed by atoms with Crippen molar-refractivity contribution in [3.8, 4) is 5.88 Å².